The van der Waals surface area contributed by atoms with E-state index >= 15 is 0 Å². The number of aromatic nitrogens is 1. The molecule has 0 radical (unpaired) electrons. The molecule has 3 rings (SSSR count). The number of hydrogen-bond donors (Lipinski definition) is 3. The van der Waals surface area contributed by atoms with Gasteiger partial charge in [0, 0.05) is 37.2 Å². The summed E-state index contributed by atoms with van der Waals surface area (Å²) in [6.07, 6.45) is 0.440. The van der Waals surface area contributed by atoms with Crippen LogP contribution in [0.4, 0.5) is 0 Å². The Bertz CT molecular complexity index is 697. The summed E-state index contributed by atoms with van der Waals surface area (Å²) in [5.41, 5.74) is 0.569. The van der Waals surface area contributed by atoms with E-state index in [1.54, 1.807) is 0 Å². The van der Waals surface area contributed by atoms with Crippen LogP contribution in [-0.4, -0.2) is 34.9 Å². The van der Waals surface area contributed by atoms with Crippen LogP contribution in [0.1, 0.15) is 18.9 Å². The fourth-order valence-electron chi connectivity index (χ4n) is 2.74. The Labute approximate surface area is 123 Å². The normalized spacial score (nSPS) is 25.5. The molecule has 2 aromatic rings. The number of para-hydroxylation sites is 1. The molecule has 0 aliphatic carbocycles. The highest BCUT2D eigenvalue weighted by molar-refractivity contribution is 5.78. The molecular formula is C16H20N2O3. The van der Waals surface area contributed by atoms with Crippen molar-refractivity contribution in [2.75, 3.05) is 13.2 Å². The molecule has 3 N–H and O–H groups in total. The van der Waals surface area contributed by atoms with Crippen molar-refractivity contribution >= 4 is 10.9 Å². The monoisotopic (exact) mass is 288 g/mol. The number of hydrogen-bond acceptors (Lipinski definition) is 4. The first-order valence-electron chi connectivity index (χ1n) is 7.24. The Hall–Kier alpha value is -1.69. The van der Waals surface area contributed by atoms with Crippen LogP contribution in [-0.2, 0) is 11.3 Å². The van der Waals surface area contributed by atoms with Gasteiger partial charge in [-0.25, -0.2) is 0 Å². The number of aromatic amines is 1. The van der Waals surface area contributed by atoms with Crippen molar-refractivity contribution < 1.29 is 9.84 Å². The predicted octanol–water partition coefficient (Wildman–Crippen LogP) is 1.16. The zero-order valence-electron chi connectivity index (χ0n) is 12.1. The van der Waals surface area contributed by atoms with Crippen LogP contribution in [0.3, 0.4) is 0 Å². The van der Waals surface area contributed by atoms with Crippen molar-refractivity contribution in [2.24, 2.45) is 0 Å². The van der Waals surface area contributed by atoms with Gasteiger partial charge in [-0.1, -0.05) is 18.2 Å². The fourth-order valence-corrected chi connectivity index (χ4v) is 2.74. The molecule has 1 aliphatic rings. The van der Waals surface area contributed by atoms with Gasteiger partial charge in [0.05, 0.1) is 6.10 Å². The molecule has 2 atom stereocenters. The lowest BCUT2D eigenvalue weighted by Crippen LogP contribution is -2.45. The standard InChI is InChI=1S/C16H20N2O3/c1-11-16(20,6-7-21-11)10-17-9-13-8-12-4-2-3-5-14(12)18-15(13)19/h2-5,8,11,17,20H,6-7,9-10H2,1H3,(H,18,19). The number of H-pyrrole nitrogens is 1. The van der Waals surface area contributed by atoms with Crippen LogP contribution < -0.4 is 10.9 Å². The quantitative estimate of drug-likeness (QED) is 0.789. The first kappa shape index (κ1) is 14.3. The van der Waals surface area contributed by atoms with Crippen molar-refractivity contribution in [1.29, 1.82) is 0 Å². The van der Waals surface area contributed by atoms with Crippen LogP contribution in [0.5, 0.6) is 0 Å². The second-order valence-electron chi connectivity index (χ2n) is 5.68. The van der Waals surface area contributed by atoms with Crippen molar-refractivity contribution in [1.82, 2.24) is 10.3 Å². The maximum atomic E-state index is 12.0. The van der Waals surface area contributed by atoms with Gasteiger partial charge in [-0.3, -0.25) is 4.79 Å². The van der Waals surface area contributed by atoms with Crippen molar-refractivity contribution in [3.05, 3.63) is 46.2 Å². The second-order valence-corrected chi connectivity index (χ2v) is 5.68. The molecule has 1 fully saturated rings. The molecule has 112 valence electrons. The number of nitrogens with one attached hydrogen (secondary N) is 2. The van der Waals surface area contributed by atoms with Gasteiger partial charge in [0.25, 0.3) is 5.56 Å². The zero-order valence-corrected chi connectivity index (χ0v) is 12.1. The Morgan fingerprint density at radius 1 is 1.48 bits per heavy atom. The Morgan fingerprint density at radius 3 is 3.05 bits per heavy atom. The molecule has 1 aromatic carbocycles. The second kappa shape index (κ2) is 5.60. The highest BCUT2D eigenvalue weighted by Gasteiger charge is 2.38. The Morgan fingerprint density at radius 2 is 2.29 bits per heavy atom. The van der Waals surface area contributed by atoms with E-state index in [1.165, 1.54) is 0 Å². The van der Waals surface area contributed by atoms with E-state index in [0.717, 1.165) is 10.9 Å². The third-order valence-corrected chi connectivity index (χ3v) is 4.24. The lowest BCUT2D eigenvalue weighted by atomic mass is 9.96. The number of ether oxygens (including phenoxy) is 1. The summed E-state index contributed by atoms with van der Waals surface area (Å²) in [5.74, 6) is 0. The molecule has 2 heterocycles. The highest BCUT2D eigenvalue weighted by Crippen LogP contribution is 2.24. The molecule has 0 spiro atoms. The summed E-state index contributed by atoms with van der Waals surface area (Å²) in [6.45, 7) is 3.29. The highest BCUT2D eigenvalue weighted by atomic mass is 16.5. The van der Waals surface area contributed by atoms with Gasteiger partial charge in [-0.15, -0.1) is 0 Å². The molecule has 5 nitrogen and oxygen atoms in total. The van der Waals surface area contributed by atoms with E-state index in [1.807, 2.05) is 37.3 Å². The maximum Gasteiger partial charge on any atom is 0.252 e. The Balaban J connectivity index is 1.71. The van der Waals surface area contributed by atoms with Crippen LogP contribution in [0.2, 0.25) is 0 Å². The minimum atomic E-state index is -0.844. The van der Waals surface area contributed by atoms with Gasteiger partial charge in [-0.2, -0.15) is 0 Å². The molecule has 1 saturated heterocycles. The van der Waals surface area contributed by atoms with E-state index in [-0.39, 0.29) is 11.7 Å². The summed E-state index contributed by atoms with van der Waals surface area (Å²) in [6, 6.07) is 9.58. The number of rotatable bonds is 4. The number of pyridine rings is 1. The van der Waals surface area contributed by atoms with Crippen molar-refractivity contribution in [2.45, 2.75) is 31.6 Å². The molecular weight excluding hydrogens is 268 g/mol. The summed E-state index contributed by atoms with van der Waals surface area (Å²) in [4.78, 5) is 14.9. The average molecular weight is 288 g/mol. The molecule has 0 amide bonds. The van der Waals surface area contributed by atoms with Crippen LogP contribution in [0, 0.1) is 0 Å². The van der Waals surface area contributed by atoms with E-state index in [4.69, 9.17) is 4.74 Å². The first-order valence-corrected chi connectivity index (χ1v) is 7.24. The topological polar surface area (TPSA) is 74.3 Å². The lowest BCUT2D eigenvalue weighted by molar-refractivity contribution is -0.0263. The van der Waals surface area contributed by atoms with Gasteiger partial charge >= 0.3 is 0 Å². The molecule has 2 unspecified atom stereocenters. The van der Waals surface area contributed by atoms with Gasteiger partial charge in [-0.05, 0) is 24.4 Å². The maximum absolute atomic E-state index is 12.0. The molecule has 1 aromatic heterocycles. The zero-order chi connectivity index (χ0) is 14.9. The smallest absolute Gasteiger partial charge is 0.252 e. The van der Waals surface area contributed by atoms with Crippen molar-refractivity contribution in [3.63, 3.8) is 0 Å². The van der Waals surface area contributed by atoms with Crippen LogP contribution in [0.15, 0.2) is 35.1 Å². The van der Waals surface area contributed by atoms with Gasteiger partial charge in [0.15, 0.2) is 0 Å². The summed E-state index contributed by atoms with van der Waals surface area (Å²) in [5, 5.41) is 14.6. The molecule has 1 aliphatic heterocycles. The largest absolute Gasteiger partial charge is 0.386 e. The molecule has 0 bridgehead atoms. The molecule has 21 heavy (non-hydrogen) atoms. The third-order valence-electron chi connectivity index (χ3n) is 4.24. The number of benzene rings is 1. The van der Waals surface area contributed by atoms with Gasteiger partial charge in [0.2, 0.25) is 0 Å². The number of fused-ring (bicyclic) bond motifs is 1. The number of aliphatic hydroxyl groups is 1. The summed E-state index contributed by atoms with van der Waals surface area (Å²) >= 11 is 0. The van der Waals surface area contributed by atoms with E-state index in [9.17, 15) is 9.90 Å². The SMILES string of the molecule is CC1OCCC1(O)CNCc1cc2ccccc2[nH]c1=O. The van der Waals surface area contributed by atoms with Crippen molar-refractivity contribution in [3.8, 4) is 0 Å². The average Bonchev–Trinajstić information content (AvgIpc) is 2.79. The van der Waals surface area contributed by atoms with E-state index < -0.39 is 5.60 Å². The predicted molar refractivity (Wildman–Crippen MR) is 81.3 cm³/mol. The minimum absolute atomic E-state index is 0.0936. The van der Waals surface area contributed by atoms with Crippen LogP contribution in [0.25, 0.3) is 10.9 Å². The van der Waals surface area contributed by atoms with E-state index in [2.05, 4.69) is 10.3 Å². The Kier molecular flexibility index (Phi) is 3.80. The molecule has 0 saturated carbocycles. The fraction of sp³-hybridized carbons (Fsp3) is 0.438. The van der Waals surface area contributed by atoms with Gasteiger partial charge in [0.1, 0.15) is 5.60 Å². The third kappa shape index (κ3) is 2.85. The lowest BCUT2D eigenvalue weighted by Gasteiger charge is -2.26. The van der Waals surface area contributed by atoms with Crippen LogP contribution >= 0.6 is 0 Å². The van der Waals surface area contributed by atoms with E-state index in [0.29, 0.717) is 31.7 Å². The summed E-state index contributed by atoms with van der Waals surface area (Å²) < 4.78 is 5.39. The summed E-state index contributed by atoms with van der Waals surface area (Å²) in [7, 11) is 0. The molecule has 5 heteroatoms. The minimum Gasteiger partial charge on any atom is -0.386 e. The first-order chi connectivity index (χ1) is 10.1. The van der Waals surface area contributed by atoms with Gasteiger partial charge < -0.3 is 20.1 Å².